The zero-order chi connectivity index (χ0) is 24.8. The molecule has 0 aliphatic heterocycles. The third-order valence-electron chi connectivity index (χ3n) is 5.31. The van der Waals surface area contributed by atoms with Gasteiger partial charge in [0.1, 0.15) is 23.3 Å². The third-order valence-corrected chi connectivity index (χ3v) is 5.31. The Labute approximate surface area is 202 Å². The molecule has 8 heteroatoms. The fourth-order valence-electron chi connectivity index (χ4n) is 3.67. The van der Waals surface area contributed by atoms with E-state index < -0.39 is 23.7 Å². The molecule has 0 aliphatic carbocycles. The van der Waals surface area contributed by atoms with Gasteiger partial charge >= 0.3 is 0 Å². The van der Waals surface area contributed by atoms with Gasteiger partial charge in [-0.25, -0.2) is 9.37 Å². The number of benzene rings is 3. The van der Waals surface area contributed by atoms with Crippen LogP contribution in [0.5, 0.6) is 5.75 Å². The van der Waals surface area contributed by atoms with E-state index in [2.05, 4.69) is 15.3 Å². The normalized spacial score (nSPS) is 11.4. The molecule has 3 aromatic carbocycles. The Kier molecular flexibility index (Phi) is 7.11. The smallest absolute Gasteiger partial charge is 0.279 e. The first-order valence-corrected chi connectivity index (χ1v) is 10.8. The highest BCUT2D eigenvalue weighted by atomic mass is 19.1. The third kappa shape index (κ3) is 5.50. The van der Waals surface area contributed by atoms with Crippen LogP contribution in [0.25, 0.3) is 0 Å². The maximum absolute atomic E-state index is 13.8. The minimum Gasteiger partial charge on any atom is -0.497 e. The van der Waals surface area contributed by atoms with Crippen molar-refractivity contribution in [2.45, 2.75) is 13.0 Å². The van der Waals surface area contributed by atoms with Crippen molar-refractivity contribution in [1.82, 2.24) is 9.97 Å². The van der Waals surface area contributed by atoms with Crippen LogP contribution in [0.4, 0.5) is 15.8 Å². The van der Waals surface area contributed by atoms with Crippen LogP contribution < -0.4 is 15.0 Å². The summed E-state index contributed by atoms with van der Waals surface area (Å²) in [7, 11) is 1.52. The topological polar surface area (TPSA) is 84.4 Å². The predicted octanol–water partition coefficient (Wildman–Crippen LogP) is 4.96. The Morgan fingerprint density at radius 2 is 1.77 bits per heavy atom. The second kappa shape index (κ2) is 10.6. The van der Waals surface area contributed by atoms with E-state index in [4.69, 9.17) is 4.74 Å². The second-order valence-corrected chi connectivity index (χ2v) is 7.78. The van der Waals surface area contributed by atoms with Crippen LogP contribution in [-0.2, 0) is 4.79 Å². The van der Waals surface area contributed by atoms with Crippen LogP contribution in [0, 0.1) is 12.7 Å². The molecule has 0 bridgehead atoms. The summed E-state index contributed by atoms with van der Waals surface area (Å²) in [5.41, 5.74) is 2.39. The van der Waals surface area contributed by atoms with Crippen LogP contribution >= 0.6 is 0 Å². The molecule has 0 fully saturated rings. The van der Waals surface area contributed by atoms with Crippen molar-refractivity contribution >= 4 is 23.2 Å². The Balaban J connectivity index is 1.86. The highest BCUT2D eigenvalue weighted by Crippen LogP contribution is 2.32. The molecule has 1 aromatic heterocycles. The monoisotopic (exact) mass is 470 g/mol. The van der Waals surface area contributed by atoms with E-state index in [9.17, 15) is 14.0 Å². The van der Waals surface area contributed by atoms with Crippen molar-refractivity contribution in [2.75, 3.05) is 17.3 Å². The number of aromatic nitrogens is 2. The largest absolute Gasteiger partial charge is 0.497 e. The van der Waals surface area contributed by atoms with Gasteiger partial charge in [0, 0.05) is 23.8 Å². The number of ether oxygens (including phenoxy) is 1. The van der Waals surface area contributed by atoms with Crippen molar-refractivity contribution in [3.8, 4) is 5.75 Å². The summed E-state index contributed by atoms with van der Waals surface area (Å²) in [6.07, 6.45) is 4.24. The summed E-state index contributed by atoms with van der Waals surface area (Å²) in [4.78, 5) is 37.1. The molecule has 35 heavy (non-hydrogen) atoms. The van der Waals surface area contributed by atoms with E-state index in [0.29, 0.717) is 22.7 Å². The molecule has 0 radical (unpaired) electrons. The molecule has 2 amide bonds. The molecule has 0 saturated carbocycles. The minimum absolute atomic E-state index is 0.0801. The van der Waals surface area contributed by atoms with Crippen molar-refractivity contribution in [3.05, 3.63) is 114 Å². The quantitative estimate of drug-likeness (QED) is 0.413. The molecule has 1 heterocycles. The number of hydrogen-bond donors (Lipinski definition) is 1. The van der Waals surface area contributed by atoms with E-state index in [1.807, 2.05) is 25.1 Å². The SMILES string of the molecule is COc1cccc(C(C(=O)Nc2ccc(F)cc2)N(C(=O)c2cnccn2)c2cccc(C)c2)c1. The molecule has 0 aliphatic rings. The fourth-order valence-corrected chi connectivity index (χ4v) is 3.67. The highest BCUT2D eigenvalue weighted by molar-refractivity contribution is 6.11. The minimum atomic E-state index is -1.11. The molecular formula is C27H23FN4O3. The van der Waals surface area contributed by atoms with E-state index in [1.54, 1.807) is 30.3 Å². The maximum atomic E-state index is 13.8. The van der Waals surface area contributed by atoms with Crippen LogP contribution in [0.2, 0.25) is 0 Å². The van der Waals surface area contributed by atoms with Crippen LogP contribution in [0.1, 0.15) is 27.7 Å². The van der Waals surface area contributed by atoms with Gasteiger partial charge in [0.15, 0.2) is 0 Å². The molecule has 1 N–H and O–H groups in total. The number of methoxy groups -OCH3 is 1. The lowest BCUT2D eigenvalue weighted by Gasteiger charge is -2.31. The number of carbonyl (C=O) groups excluding carboxylic acids is 2. The Morgan fingerprint density at radius 1 is 1.00 bits per heavy atom. The van der Waals surface area contributed by atoms with Crippen LogP contribution in [0.3, 0.4) is 0 Å². The number of anilines is 2. The van der Waals surface area contributed by atoms with Gasteiger partial charge in [-0.3, -0.25) is 19.5 Å². The molecule has 0 saturated heterocycles. The molecule has 4 rings (SSSR count). The van der Waals surface area contributed by atoms with Crippen molar-refractivity contribution < 1.29 is 18.7 Å². The first-order valence-electron chi connectivity index (χ1n) is 10.8. The number of carbonyl (C=O) groups is 2. The fraction of sp³-hybridized carbons (Fsp3) is 0.111. The molecule has 1 atom stereocenters. The van der Waals surface area contributed by atoms with E-state index in [0.717, 1.165) is 5.56 Å². The van der Waals surface area contributed by atoms with Gasteiger partial charge in [0.2, 0.25) is 0 Å². The number of amides is 2. The zero-order valence-electron chi connectivity index (χ0n) is 19.2. The van der Waals surface area contributed by atoms with Crippen LogP contribution in [0.15, 0.2) is 91.4 Å². The standard InChI is InChI=1S/C27H23FN4O3/c1-18-5-3-7-22(15-18)32(27(34)24-17-29-13-14-30-24)25(19-6-4-8-23(16-19)35-2)26(33)31-21-11-9-20(28)10-12-21/h3-17,25H,1-2H3,(H,31,33). The van der Waals surface area contributed by atoms with E-state index in [1.165, 1.54) is 54.9 Å². The number of rotatable bonds is 7. The van der Waals surface area contributed by atoms with Crippen LogP contribution in [-0.4, -0.2) is 28.9 Å². The van der Waals surface area contributed by atoms with Crippen molar-refractivity contribution in [3.63, 3.8) is 0 Å². The number of halogens is 1. The number of aryl methyl sites for hydroxylation is 1. The highest BCUT2D eigenvalue weighted by Gasteiger charge is 2.34. The average molecular weight is 471 g/mol. The lowest BCUT2D eigenvalue weighted by atomic mass is 10.0. The Hall–Kier alpha value is -4.59. The number of nitrogens with one attached hydrogen (secondary N) is 1. The van der Waals surface area contributed by atoms with Gasteiger partial charge in [-0.2, -0.15) is 0 Å². The van der Waals surface area contributed by atoms with Crippen molar-refractivity contribution in [2.24, 2.45) is 0 Å². The molecule has 7 nitrogen and oxygen atoms in total. The average Bonchev–Trinajstić information content (AvgIpc) is 2.88. The summed E-state index contributed by atoms with van der Waals surface area (Å²) in [6, 6.07) is 18.5. The Morgan fingerprint density at radius 3 is 2.46 bits per heavy atom. The maximum Gasteiger partial charge on any atom is 0.279 e. The van der Waals surface area contributed by atoms with E-state index in [-0.39, 0.29) is 5.69 Å². The summed E-state index contributed by atoms with van der Waals surface area (Å²) >= 11 is 0. The summed E-state index contributed by atoms with van der Waals surface area (Å²) < 4.78 is 18.8. The molecule has 4 aromatic rings. The molecule has 176 valence electrons. The number of nitrogens with zero attached hydrogens (tertiary/aromatic N) is 3. The van der Waals surface area contributed by atoms with Gasteiger partial charge in [-0.05, 0) is 66.6 Å². The lowest BCUT2D eigenvalue weighted by molar-refractivity contribution is -0.117. The molecule has 1 unspecified atom stereocenters. The first kappa shape index (κ1) is 23.6. The Bertz CT molecular complexity index is 1330. The first-order chi connectivity index (χ1) is 17.0. The van der Waals surface area contributed by atoms with E-state index >= 15 is 0 Å². The van der Waals surface area contributed by atoms with Gasteiger partial charge in [-0.15, -0.1) is 0 Å². The zero-order valence-corrected chi connectivity index (χ0v) is 19.2. The van der Waals surface area contributed by atoms with Gasteiger partial charge < -0.3 is 10.1 Å². The molecular weight excluding hydrogens is 447 g/mol. The molecule has 0 spiro atoms. The van der Waals surface area contributed by atoms with Gasteiger partial charge in [0.05, 0.1) is 13.3 Å². The summed E-state index contributed by atoms with van der Waals surface area (Å²) in [6.45, 7) is 1.90. The van der Waals surface area contributed by atoms with Gasteiger partial charge in [-0.1, -0.05) is 24.3 Å². The van der Waals surface area contributed by atoms with Gasteiger partial charge in [0.25, 0.3) is 11.8 Å². The second-order valence-electron chi connectivity index (χ2n) is 7.78. The summed E-state index contributed by atoms with van der Waals surface area (Å²) in [5, 5.41) is 2.80. The predicted molar refractivity (Wildman–Crippen MR) is 131 cm³/mol. The number of hydrogen-bond acceptors (Lipinski definition) is 5. The summed E-state index contributed by atoms with van der Waals surface area (Å²) in [5.74, 6) is -0.904. The van der Waals surface area contributed by atoms with Crippen molar-refractivity contribution in [1.29, 1.82) is 0 Å². The lowest BCUT2D eigenvalue weighted by Crippen LogP contribution is -2.42.